The maximum Gasteiger partial charge on any atom is 0.184 e. The van der Waals surface area contributed by atoms with Crippen LogP contribution in [0.1, 0.15) is 142 Å². The molecule has 0 spiro atoms. The molecule has 4 unspecified atom stereocenters. The monoisotopic (exact) mass is 618 g/mol. The highest BCUT2D eigenvalue weighted by Gasteiger charge is 2.56. The first-order valence-corrected chi connectivity index (χ1v) is 16.8. The Balaban J connectivity index is 4.36. The molecule has 0 aliphatic carbocycles. The van der Waals surface area contributed by atoms with Crippen molar-refractivity contribution in [1.29, 1.82) is 0 Å². The molecule has 0 aliphatic heterocycles. The molecule has 0 radical (unpaired) electrons. The van der Waals surface area contributed by atoms with Gasteiger partial charge in [0.1, 0.15) is 18.3 Å². The third kappa shape index (κ3) is 16.6. The number of ketones is 3. The lowest BCUT2D eigenvalue weighted by molar-refractivity contribution is -0.163. The largest absolute Gasteiger partial charge is 0.393 e. The average Bonchev–Trinajstić information content (AvgIpc) is 3.02. The fraction of sp³-hybridized carbons (Fsp3) is 0.909. The molecule has 0 saturated carbocycles. The second-order valence-corrected chi connectivity index (χ2v) is 12.1. The van der Waals surface area contributed by atoms with Crippen LogP contribution in [0.4, 0.5) is 0 Å². The van der Waals surface area contributed by atoms with Gasteiger partial charge in [0.05, 0.1) is 25.9 Å². The molecule has 10 heteroatoms. The van der Waals surface area contributed by atoms with Gasteiger partial charge in [-0.2, -0.15) is 0 Å². The molecule has 0 bridgehead atoms. The first-order chi connectivity index (χ1) is 20.6. The topological polar surface area (TPSA) is 193 Å². The van der Waals surface area contributed by atoms with Gasteiger partial charge in [-0.15, -0.1) is 0 Å². The van der Waals surface area contributed by atoms with E-state index in [1.807, 2.05) is 0 Å². The zero-order chi connectivity index (χ0) is 32.5. The number of hydrogen-bond donors (Lipinski definition) is 7. The van der Waals surface area contributed by atoms with Gasteiger partial charge in [-0.1, -0.05) is 122 Å². The predicted molar refractivity (Wildman–Crippen MR) is 165 cm³/mol. The van der Waals surface area contributed by atoms with Crippen LogP contribution in [0.5, 0.6) is 0 Å². The molecule has 0 aromatic rings. The summed E-state index contributed by atoms with van der Waals surface area (Å²) in [5.41, 5.74) is -2.70. The second-order valence-electron chi connectivity index (χ2n) is 12.1. The second kappa shape index (κ2) is 26.0. The SMILES string of the molecule is CCCCCCCCCCCCCC(O)CCCCCCCCCC(C(=O)C(O)CO)(C(=O)C(O)CO)C(=O)C(O)CO. The molecule has 4 atom stereocenters. The Kier molecular flexibility index (Phi) is 25.2. The molecular formula is C33H62O10. The Labute approximate surface area is 258 Å². The molecule has 0 fully saturated rings. The van der Waals surface area contributed by atoms with Crippen molar-refractivity contribution in [2.24, 2.45) is 5.41 Å². The summed E-state index contributed by atoms with van der Waals surface area (Å²) in [6, 6.07) is 0. The first kappa shape index (κ1) is 41.7. The van der Waals surface area contributed by atoms with E-state index in [0.717, 1.165) is 51.4 Å². The van der Waals surface area contributed by atoms with Gasteiger partial charge in [0.15, 0.2) is 22.8 Å². The van der Waals surface area contributed by atoms with Gasteiger partial charge in [-0.25, -0.2) is 0 Å². The van der Waals surface area contributed by atoms with Crippen LogP contribution in [0, 0.1) is 5.41 Å². The van der Waals surface area contributed by atoms with Gasteiger partial charge in [-0.05, 0) is 19.3 Å². The zero-order valence-electron chi connectivity index (χ0n) is 26.6. The minimum atomic E-state index is -2.70. The Hall–Kier alpha value is -1.27. The highest BCUT2D eigenvalue weighted by atomic mass is 16.3. The molecule has 0 saturated heterocycles. The number of rotatable bonds is 31. The van der Waals surface area contributed by atoms with Crippen LogP contribution in [0.15, 0.2) is 0 Å². The predicted octanol–water partition coefficient (Wildman–Crippen LogP) is 3.31. The van der Waals surface area contributed by atoms with Crippen LogP contribution >= 0.6 is 0 Å². The van der Waals surface area contributed by atoms with Crippen molar-refractivity contribution in [3.63, 3.8) is 0 Å². The van der Waals surface area contributed by atoms with Crippen LogP contribution in [-0.4, -0.2) is 97.3 Å². The normalized spacial score (nSPS) is 15.9. The molecule has 0 heterocycles. The fourth-order valence-corrected chi connectivity index (χ4v) is 5.68. The summed E-state index contributed by atoms with van der Waals surface area (Å²) in [5.74, 6) is -4.13. The summed E-state index contributed by atoms with van der Waals surface area (Å²) >= 11 is 0. The molecule has 43 heavy (non-hydrogen) atoms. The van der Waals surface area contributed by atoms with E-state index in [1.54, 1.807) is 0 Å². The van der Waals surface area contributed by atoms with E-state index in [0.29, 0.717) is 6.42 Å². The Morgan fingerprint density at radius 2 is 0.744 bits per heavy atom. The van der Waals surface area contributed by atoms with E-state index in [9.17, 15) is 50.1 Å². The molecule has 0 aliphatic rings. The van der Waals surface area contributed by atoms with Gasteiger partial charge in [0.25, 0.3) is 0 Å². The molecule has 0 amide bonds. The molecule has 254 valence electrons. The van der Waals surface area contributed by atoms with Crippen LogP contribution in [0.25, 0.3) is 0 Å². The Morgan fingerprint density at radius 1 is 0.465 bits per heavy atom. The standard InChI is InChI=1S/C33H62O10/c1-2-3-4-5-6-7-8-9-11-14-17-20-26(37)21-18-15-12-10-13-16-19-22-33(30(41)27(38)23-34,31(42)28(39)24-35)32(43)29(40)25-36/h26-29,34-40H,2-25H2,1H3. The number of unbranched alkanes of at least 4 members (excludes halogenated alkanes) is 16. The number of aliphatic hydroxyl groups is 7. The minimum Gasteiger partial charge on any atom is -0.393 e. The minimum absolute atomic E-state index is 0.162. The Morgan fingerprint density at radius 3 is 1.05 bits per heavy atom. The maximum absolute atomic E-state index is 12.9. The van der Waals surface area contributed by atoms with Crippen molar-refractivity contribution in [3.05, 3.63) is 0 Å². The molecule has 0 rings (SSSR count). The van der Waals surface area contributed by atoms with E-state index in [1.165, 1.54) is 64.2 Å². The number of Topliss-reactive ketones (excluding diaryl/α,β-unsaturated/α-hetero) is 3. The van der Waals surface area contributed by atoms with Crippen LogP contribution in [0.3, 0.4) is 0 Å². The first-order valence-electron chi connectivity index (χ1n) is 16.8. The van der Waals surface area contributed by atoms with Crippen molar-refractivity contribution < 1.29 is 50.1 Å². The van der Waals surface area contributed by atoms with Gasteiger partial charge in [0.2, 0.25) is 0 Å². The van der Waals surface area contributed by atoms with E-state index < -0.39 is 67.3 Å². The number of hydrogen-bond acceptors (Lipinski definition) is 10. The Bertz CT molecular complexity index is 673. The van der Waals surface area contributed by atoms with Crippen molar-refractivity contribution in [2.45, 2.75) is 166 Å². The highest BCUT2D eigenvalue weighted by Crippen LogP contribution is 2.34. The summed E-state index contributed by atoms with van der Waals surface area (Å²) < 4.78 is 0. The van der Waals surface area contributed by atoms with E-state index in [-0.39, 0.29) is 12.5 Å². The van der Waals surface area contributed by atoms with Crippen molar-refractivity contribution in [1.82, 2.24) is 0 Å². The summed E-state index contributed by atoms with van der Waals surface area (Å²) in [6.45, 7) is -1.01. The van der Waals surface area contributed by atoms with Gasteiger partial charge < -0.3 is 35.7 Å². The van der Waals surface area contributed by atoms with Gasteiger partial charge >= 0.3 is 0 Å². The van der Waals surface area contributed by atoms with Crippen LogP contribution in [0.2, 0.25) is 0 Å². The highest BCUT2D eigenvalue weighted by molar-refractivity contribution is 6.27. The summed E-state index contributed by atoms with van der Waals surface area (Å²) in [4.78, 5) is 38.8. The zero-order valence-corrected chi connectivity index (χ0v) is 26.6. The summed E-state index contributed by atoms with van der Waals surface area (Å²) in [5, 5.41) is 67.9. The third-order valence-electron chi connectivity index (χ3n) is 8.42. The summed E-state index contributed by atoms with van der Waals surface area (Å²) in [6.07, 6.45) is 13.8. The van der Waals surface area contributed by atoms with Crippen LogP contribution < -0.4 is 0 Å². The lowest BCUT2D eigenvalue weighted by Crippen LogP contribution is -2.58. The lowest BCUT2D eigenvalue weighted by Gasteiger charge is -2.33. The quantitative estimate of drug-likeness (QED) is 0.0448. The molecular weight excluding hydrogens is 556 g/mol. The van der Waals surface area contributed by atoms with Crippen LogP contribution in [-0.2, 0) is 14.4 Å². The molecule has 0 aromatic heterocycles. The van der Waals surface area contributed by atoms with Gasteiger partial charge in [-0.3, -0.25) is 14.4 Å². The van der Waals surface area contributed by atoms with Crippen molar-refractivity contribution in [3.8, 4) is 0 Å². The average molecular weight is 619 g/mol. The van der Waals surface area contributed by atoms with E-state index >= 15 is 0 Å². The number of carbonyl (C=O) groups excluding carboxylic acids is 3. The smallest absolute Gasteiger partial charge is 0.184 e. The fourth-order valence-electron chi connectivity index (χ4n) is 5.68. The third-order valence-corrected chi connectivity index (χ3v) is 8.42. The van der Waals surface area contributed by atoms with Crippen molar-refractivity contribution >= 4 is 17.3 Å². The van der Waals surface area contributed by atoms with Crippen molar-refractivity contribution in [2.75, 3.05) is 19.8 Å². The lowest BCUT2D eigenvalue weighted by atomic mass is 9.67. The molecule has 0 aromatic carbocycles. The summed E-state index contributed by atoms with van der Waals surface area (Å²) in [7, 11) is 0. The van der Waals surface area contributed by atoms with E-state index in [2.05, 4.69) is 6.92 Å². The number of carbonyl (C=O) groups is 3. The maximum atomic E-state index is 12.9. The van der Waals surface area contributed by atoms with Gasteiger partial charge in [0, 0.05) is 0 Å². The molecule has 10 nitrogen and oxygen atoms in total. The molecule has 7 N–H and O–H groups in total. The number of aliphatic hydroxyl groups excluding tert-OH is 7. The van der Waals surface area contributed by atoms with E-state index in [4.69, 9.17) is 0 Å².